The number of rotatable bonds is 6. The first kappa shape index (κ1) is 24.1. The van der Waals surface area contributed by atoms with Crippen LogP contribution >= 0.6 is 34.8 Å². The van der Waals surface area contributed by atoms with E-state index in [1.807, 2.05) is 26.0 Å². The fourth-order valence-electron chi connectivity index (χ4n) is 3.42. The summed E-state index contributed by atoms with van der Waals surface area (Å²) < 4.78 is 1.59. The number of benzene rings is 2. The molecule has 1 heterocycles. The van der Waals surface area contributed by atoms with Crippen LogP contribution in [0.25, 0.3) is 16.9 Å². The second-order valence-corrected chi connectivity index (χ2v) is 8.57. The van der Waals surface area contributed by atoms with Crippen LogP contribution in [-0.2, 0) is 4.79 Å². The molecule has 0 aliphatic rings. The zero-order valence-electron chi connectivity index (χ0n) is 17.9. The zero-order valence-corrected chi connectivity index (χ0v) is 20.1. The molecule has 3 rings (SSSR count). The molecule has 0 unspecified atom stereocenters. The Labute approximate surface area is 201 Å². The number of carbonyl (C=O) groups excluding carboxylic acids is 2. The average molecular weight is 494 g/mol. The van der Waals surface area contributed by atoms with E-state index in [0.29, 0.717) is 44.9 Å². The van der Waals surface area contributed by atoms with Gasteiger partial charge < -0.3 is 0 Å². The molecule has 6 nitrogen and oxygen atoms in total. The number of hydrazine groups is 1. The number of aromatic nitrogens is 2. The molecule has 0 aliphatic carbocycles. The number of amides is 2. The van der Waals surface area contributed by atoms with Crippen molar-refractivity contribution in [3.63, 3.8) is 0 Å². The minimum Gasteiger partial charge on any atom is -0.273 e. The molecular weight excluding hydrogens is 471 g/mol. The van der Waals surface area contributed by atoms with Gasteiger partial charge in [0.1, 0.15) is 0 Å². The van der Waals surface area contributed by atoms with Crippen molar-refractivity contribution in [3.05, 3.63) is 68.8 Å². The minimum absolute atomic E-state index is 0.158. The molecule has 2 N–H and O–H groups in total. The first-order valence-corrected chi connectivity index (χ1v) is 11.3. The van der Waals surface area contributed by atoms with Crippen LogP contribution in [0, 0.1) is 12.8 Å². The smallest absolute Gasteiger partial charge is 0.273 e. The van der Waals surface area contributed by atoms with Gasteiger partial charge in [-0.3, -0.25) is 20.4 Å². The van der Waals surface area contributed by atoms with Crippen LogP contribution in [0.1, 0.15) is 42.7 Å². The summed E-state index contributed by atoms with van der Waals surface area (Å²) in [5.41, 5.74) is 7.77. The lowest BCUT2D eigenvalue weighted by Gasteiger charge is -2.13. The van der Waals surface area contributed by atoms with Gasteiger partial charge in [0.25, 0.3) is 5.91 Å². The molecule has 0 atom stereocenters. The maximum atomic E-state index is 12.9. The summed E-state index contributed by atoms with van der Waals surface area (Å²) in [5.74, 6) is -0.939. The third-order valence-electron chi connectivity index (χ3n) is 5.25. The normalized spacial score (nSPS) is 11.0. The van der Waals surface area contributed by atoms with Crippen LogP contribution in [0.5, 0.6) is 0 Å². The summed E-state index contributed by atoms with van der Waals surface area (Å²) in [7, 11) is 0. The molecule has 1 aromatic heterocycles. The molecule has 0 saturated carbocycles. The largest absolute Gasteiger partial charge is 0.290 e. The summed E-state index contributed by atoms with van der Waals surface area (Å²) >= 11 is 18.5. The molecule has 32 heavy (non-hydrogen) atoms. The molecule has 2 amide bonds. The van der Waals surface area contributed by atoms with E-state index in [1.54, 1.807) is 41.9 Å². The van der Waals surface area contributed by atoms with Crippen LogP contribution in [0.2, 0.25) is 15.1 Å². The summed E-state index contributed by atoms with van der Waals surface area (Å²) in [6, 6.07) is 12.2. The minimum atomic E-state index is -0.527. The molecule has 0 radical (unpaired) electrons. The first-order chi connectivity index (χ1) is 15.3. The molecule has 9 heteroatoms. The molecule has 0 fully saturated rings. The van der Waals surface area contributed by atoms with E-state index in [4.69, 9.17) is 34.8 Å². The van der Waals surface area contributed by atoms with E-state index >= 15 is 0 Å². The summed E-state index contributed by atoms with van der Waals surface area (Å²) in [4.78, 5) is 25.2. The maximum absolute atomic E-state index is 12.9. The predicted octanol–water partition coefficient (Wildman–Crippen LogP) is 6.01. The molecular formula is C23H23Cl3N4O2. The highest BCUT2D eigenvalue weighted by molar-refractivity contribution is 6.35. The van der Waals surface area contributed by atoms with E-state index in [2.05, 4.69) is 16.0 Å². The second-order valence-electron chi connectivity index (χ2n) is 7.29. The van der Waals surface area contributed by atoms with Crippen LogP contribution in [-0.4, -0.2) is 21.6 Å². The molecule has 168 valence electrons. The highest BCUT2D eigenvalue weighted by Crippen LogP contribution is 2.33. The van der Waals surface area contributed by atoms with Crippen molar-refractivity contribution in [1.29, 1.82) is 0 Å². The fraction of sp³-hybridized carbons (Fsp3) is 0.261. The quantitative estimate of drug-likeness (QED) is 0.413. The van der Waals surface area contributed by atoms with Crippen LogP contribution in [0.3, 0.4) is 0 Å². The van der Waals surface area contributed by atoms with Crippen molar-refractivity contribution in [2.24, 2.45) is 5.92 Å². The van der Waals surface area contributed by atoms with Gasteiger partial charge in [-0.05, 0) is 50.1 Å². The van der Waals surface area contributed by atoms with Gasteiger partial charge in [-0.2, -0.15) is 5.10 Å². The van der Waals surface area contributed by atoms with Crippen molar-refractivity contribution in [1.82, 2.24) is 20.6 Å². The van der Waals surface area contributed by atoms with E-state index < -0.39 is 5.91 Å². The van der Waals surface area contributed by atoms with Crippen molar-refractivity contribution in [2.45, 2.75) is 33.6 Å². The fourth-order valence-corrected chi connectivity index (χ4v) is 4.04. The van der Waals surface area contributed by atoms with E-state index in [-0.39, 0.29) is 17.5 Å². The molecule has 0 spiro atoms. The first-order valence-electron chi connectivity index (χ1n) is 10.2. The Balaban J connectivity index is 2.04. The number of nitrogens with one attached hydrogen (secondary N) is 2. The third kappa shape index (κ3) is 5.09. The number of nitrogens with zero attached hydrogens (tertiary/aromatic N) is 2. The van der Waals surface area contributed by atoms with E-state index in [0.717, 1.165) is 5.56 Å². The van der Waals surface area contributed by atoms with Crippen molar-refractivity contribution in [2.75, 3.05) is 0 Å². The Morgan fingerprint density at radius 1 is 0.969 bits per heavy atom. The molecule has 2 aromatic carbocycles. The average Bonchev–Trinajstić information content (AvgIpc) is 3.10. The number of halogens is 3. The van der Waals surface area contributed by atoms with Crippen LogP contribution < -0.4 is 10.9 Å². The SMILES string of the molecule is CCC(CC)C(=O)NNC(=O)c1nn(-c2ccc(Cl)cc2Cl)c(-c2ccc(Cl)cc2)c1C. The summed E-state index contributed by atoms with van der Waals surface area (Å²) in [6.45, 7) is 5.64. The van der Waals surface area contributed by atoms with Crippen molar-refractivity contribution >= 4 is 46.6 Å². The Bertz CT molecular complexity index is 1140. The van der Waals surface area contributed by atoms with Crippen molar-refractivity contribution < 1.29 is 9.59 Å². The lowest BCUT2D eigenvalue weighted by Crippen LogP contribution is -2.44. The topological polar surface area (TPSA) is 76.0 Å². The molecule has 0 aliphatic heterocycles. The Morgan fingerprint density at radius 3 is 2.19 bits per heavy atom. The number of hydrogen-bond acceptors (Lipinski definition) is 3. The number of carbonyl (C=O) groups is 2. The molecule has 0 saturated heterocycles. The van der Waals surface area contributed by atoms with Crippen molar-refractivity contribution in [3.8, 4) is 16.9 Å². The van der Waals surface area contributed by atoms with E-state index in [1.165, 1.54) is 0 Å². The van der Waals surface area contributed by atoms with Crippen LogP contribution in [0.4, 0.5) is 0 Å². The summed E-state index contributed by atoms with van der Waals surface area (Å²) in [5, 5.41) is 5.98. The van der Waals surface area contributed by atoms with Gasteiger partial charge in [0.05, 0.1) is 16.4 Å². The maximum Gasteiger partial charge on any atom is 0.290 e. The van der Waals surface area contributed by atoms with Gasteiger partial charge in [-0.15, -0.1) is 0 Å². The van der Waals surface area contributed by atoms with Gasteiger partial charge >= 0.3 is 0 Å². The highest BCUT2D eigenvalue weighted by atomic mass is 35.5. The number of hydrogen-bond donors (Lipinski definition) is 2. The summed E-state index contributed by atoms with van der Waals surface area (Å²) in [6.07, 6.45) is 1.36. The Kier molecular flexibility index (Phi) is 7.82. The second kappa shape index (κ2) is 10.4. The van der Waals surface area contributed by atoms with Gasteiger partial charge in [0, 0.05) is 27.1 Å². The standard InChI is InChI=1S/C23H23Cl3N4O2/c1-4-14(5-2)22(31)27-28-23(32)20-13(3)21(15-6-8-16(24)9-7-15)30(29-20)19-11-10-17(25)12-18(19)26/h6-12,14H,4-5H2,1-3H3,(H,27,31)(H,28,32). The molecule has 3 aromatic rings. The van der Waals surface area contributed by atoms with Gasteiger partial charge in [-0.1, -0.05) is 60.8 Å². The highest BCUT2D eigenvalue weighted by Gasteiger charge is 2.24. The lowest BCUT2D eigenvalue weighted by molar-refractivity contribution is -0.126. The van der Waals surface area contributed by atoms with Gasteiger partial charge in [-0.25, -0.2) is 4.68 Å². The monoisotopic (exact) mass is 492 g/mol. The third-order valence-corrected chi connectivity index (χ3v) is 6.04. The van der Waals surface area contributed by atoms with Gasteiger partial charge in [0.15, 0.2) is 5.69 Å². The Hall–Kier alpha value is -2.54. The zero-order chi connectivity index (χ0) is 23.4. The van der Waals surface area contributed by atoms with Crippen LogP contribution in [0.15, 0.2) is 42.5 Å². The molecule has 0 bridgehead atoms. The predicted molar refractivity (Wildman–Crippen MR) is 128 cm³/mol. The van der Waals surface area contributed by atoms with E-state index in [9.17, 15) is 9.59 Å². The van der Waals surface area contributed by atoms with Gasteiger partial charge in [0.2, 0.25) is 5.91 Å². The lowest BCUT2D eigenvalue weighted by atomic mass is 10.0. The Morgan fingerprint density at radius 2 is 1.59 bits per heavy atom.